The minimum atomic E-state index is -3.46. The van der Waals surface area contributed by atoms with E-state index in [-0.39, 0.29) is 0 Å². The lowest BCUT2D eigenvalue weighted by molar-refractivity contribution is 0.384. The second kappa shape index (κ2) is 7.05. The Bertz CT molecular complexity index is 920. The molecule has 0 aliphatic carbocycles. The summed E-state index contributed by atoms with van der Waals surface area (Å²) in [6.45, 7) is 4.43. The molecule has 2 aliphatic heterocycles. The number of methoxy groups -OCH3 is 1. The van der Waals surface area contributed by atoms with Gasteiger partial charge in [-0.15, -0.1) is 0 Å². The van der Waals surface area contributed by atoms with Gasteiger partial charge >= 0.3 is 0 Å². The maximum absolute atomic E-state index is 13.1. The van der Waals surface area contributed by atoms with E-state index in [2.05, 4.69) is 17.1 Å². The molecule has 0 aromatic heterocycles. The Morgan fingerprint density at radius 1 is 1.04 bits per heavy atom. The van der Waals surface area contributed by atoms with E-state index in [0.717, 1.165) is 29.1 Å². The van der Waals surface area contributed by atoms with E-state index >= 15 is 0 Å². The Balaban J connectivity index is 1.46. The van der Waals surface area contributed by atoms with E-state index in [4.69, 9.17) is 4.74 Å². The molecule has 0 spiro atoms. The maximum atomic E-state index is 13.1. The van der Waals surface area contributed by atoms with E-state index < -0.39 is 10.0 Å². The summed E-state index contributed by atoms with van der Waals surface area (Å²) in [6, 6.07) is 13.7. The van der Waals surface area contributed by atoms with Crippen molar-refractivity contribution >= 4 is 21.4 Å². The predicted molar refractivity (Wildman–Crippen MR) is 107 cm³/mol. The second-order valence-electron chi connectivity index (χ2n) is 7.16. The molecule has 144 valence electrons. The van der Waals surface area contributed by atoms with Gasteiger partial charge in [0, 0.05) is 43.6 Å². The first kappa shape index (κ1) is 18.1. The van der Waals surface area contributed by atoms with E-state index in [1.54, 1.807) is 17.5 Å². The zero-order chi connectivity index (χ0) is 19.0. The summed E-state index contributed by atoms with van der Waals surface area (Å²) in [5.41, 5.74) is 3.22. The van der Waals surface area contributed by atoms with Gasteiger partial charge in [0.25, 0.3) is 0 Å². The van der Waals surface area contributed by atoms with Crippen LogP contribution >= 0.6 is 0 Å². The Labute approximate surface area is 160 Å². The third-order valence-electron chi connectivity index (χ3n) is 5.32. The molecule has 0 radical (unpaired) electrons. The van der Waals surface area contributed by atoms with E-state index in [9.17, 15) is 8.42 Å². The molecule has 1 saturated heterocycles. The minimum Gasteiger partial charge on any atom is -0.497 e. The molecule has 0 bridgehead atoms. The number of hydrogen-bond acceptors (Lipinski definition) is 5. The molecule has 1 N–H and O–H groups in total. The van der Waals surface area contributed by atoms with Crippen LogP contribution in [0, 0.1) is 0 Å². The molecule has 7 heteroatoms. The highest BCUT2D eigenvalue weighted by atomic mass is 32.2. The van der Waals surface area contributed by atoms with Gasteiger partial charge in [-0.05, 0) is 61.4 Å². The SMILES string of the molecule is COc1ccc(N2CCN(S(=O)(=O)c3ccc4c(c3)CC(C)N4)CC2)cc1. The Hall–Kier alpha value is -2.25. The summed E-state index contributed by atoms with van der Waals surface area (Å²) in [6.07, 6.45) is 0.865. The molecule has 1 atom stereocenters. The van der Waals surface area contributed by atoms with Gasteiger partial charge in [0.15, 0.2) is 0 Å². The predicted octanol–water partition coefficient (Wildman–Crippen LogP) is 2.56. The van der Waals surface area contributed by atoms with Crippen LogP contribution in [0.4, 0.5) is 11.4 Å². The van der Waals surface area contributed by atoms with Crippen LogP contribution in [0.5, 0.6) is 5.75 Å². The van der Waals surface area contributed by atoms with Gasteiger partial charge in [-0.25, -0.2) is 8.42 Å². The maximum Gasteiger partial charge on any atom is 0.243 e. The summed E-state index contributed by atoms with van der Waals surface area (Å²) in [4.78, 5) is 2.61. The number of sulfonamides is 1. The molecule has 2 heterocycles. The molecule has 2 aliphatic rings. The first-order chi connectivity index (χ1) is 13.0. The lowest BCUT2D eigenvalue weighted by Gasteiger charge is -2.35. The van der Waals surface area contributed by atoms with Crippen molar-refractivity contribution in [3.05, 3.63) is 48.0 Å². The zero-order valence-corrected chi connectivity index (χ0v) is 16.5. The van der Waals surface area contributed by atoms with Crippen molar-refractivity contribution in [2.75, 3.05) is 43.5 Å². The lowest BCUT2D eigenvalue weighted by atomic mass is 10.1. The van der Waals surface area contributed by atoms with Crippen molar-refractivity contribution in [3.63, 3.8) is 0 Å². The molecule has 2 aromatic rings. The fourth-order valence-corrected chi connectivity index (χ4v) is 5.29. The van der Waals surface area contributed by atoms with Gasteiger partial charge in [0.05, 0.1) is 12.0 Å². The third-order valence-corrected chi connectivity index (χ3v) is 7.21. The number of ether oxygens (including phenoxy) is 1. The highest BCUT2D eigenvalue weighted by Crippen LogP contribution is 2.30. The standard InChI is InChI=1S/C20H25N3O3S/c1-15-13-16-14-19(7-8-20(16)21-15)27(24,25)23-11-9-22(10-12-23)17-3-5-18(26-2)6-4-17/h3-8,14-15,21H,9-13H2,1-2H3. The number of piperazine rings is 1. The monoisotopic (exact) mass is 387 g/mol. The first-order valence-electron chi connectivity index (χ1n) is 9.26. The topological polar surface area (TPSA) is 61.9 Å². The van der Waals surface area contributed by atoms with Crippen molar-refractivity contribution in [3.8, 4) is 5.75 Å². The number of nitrogens with zero attached hydrogens (tertiary/aromatic N) is 2. The van der Waals surface area contributed by atoms with Gasteiger partial charge in [-0.2, -0.15) is 4.31 Å². The van der Waals surface area contributed by atoms with Crippen molar-refractivity contribution in [1.29, 1.82) is 0 Å². The molecule has 1 unspecified atom stereocenters. The smallest absolute Gasteiger partial charge is 0.243 e. The molecule has 27 heavy (non-hydrogen) atoms. The highest BCUT2D eigenvalue weighted by Gasteiger charge is 2.30. The van der Waals surface area contributed by atoms with E-state index in [0.29, 0.717) is 37.1 Å². The normalized spacial score (nSPS) is 20.2. The van der Waals surface area contributed by atoms with Crippen LogP contribution in [0.25, 0.3) is 0 Å². The molecule has 0 amide bonds. The summed E-state index contributed by atoms with van der Waals surface area (Å²) in [7, 11) is -1.81. The van der Waals surface area contributed by atoms with Gasteiger partial charge in [0.2, 0.25) is 10.0 Å². The Morgan fingerprint density at radius 2 is 1.74 bits per heavy atom. The van der Waals surface area contributed by atoms with Crippen LogP contribution in [0.15, 0.2) is 47.4 Å². The zero-order valence-electron chi connectivity index (χ0n) is 15.7. The third kappa shape index (κ3) is 3.49. The van der Waals surface area contributed by atoms with Crippen LogP contribution in [-0.4, -0.2) is 52.1 Å². The molecular formula is C20H25N3O3S. The number of rotatable bonds is 4. The van der Waals surface area contributed by atoms with Gasteiger partial charge in [0.1, 0.15) is 5.75 Å². The van der Waals surface area contributed by atoms with Crippen molar-refractivity contribution < 1.29 is 13.2 Å². The summed E-state index contributed by atoms with van der Waals surface area (Å²) in [5, 5.41) is 3.36. The minimum absolute atomic E-state index is 0.353. The van der Waals surface area contributed by atoms with Gasteiger partial charge < -0.3 is 15.0 Å². The average molecular weight is 388 g/mol. The molecule has 4 rings (SSSR count). The number of nitrogens with one attached hydrogen (secondary N) is 1. The highest BCUT2D eigenvalue weighted by molar-refractivity contribution is 7.89. The van der Waals surface area contributed by atoms with Gasteiger partial charge in [-0.3, -0.25) is 0 Å². The Kier molecular flexibility index (Phi) is 4.74. The largest absolute Gasteiger partial charge is 0.497 e. The van der Waals surface area contributed by atoms with Gasteiger partial charge in [-0.1, -0.05) is 0 Å². The van der Waals surface area contributed by atoms with E-state index in [1.165, 1.54) is 0 Å². The molecule has 1 fully saturated rings. The fourth-order valence-electron chi connectivity index (χ4n) is 3.82. The van der Waals surface area contributed by atoms with Crippen LogP contribution in [0.3, 0.4) is 0 Å². The molecule has 6 nitrogen and oxygen atoms in total. The first-order valence-corrected chi connectivity index (χ1v) is 10.7. The van der Waals surface area contributed by atoms with Crippen LogP contribution in [-0.2, 0) is 16.4 Å². The van der Waals surface area contributed by atoms with Crippen molar-refractivity contribution in [2.45, 2.75) is 24.3 Å². The van der Waals surface area contributed by atoms with Crippen molar-refractivity contribution in [2.24, 2.45) is 0 Å². The molecular weight excluding hydrogens is 362 g/mol. The molecule has 0 saturated carbocycles. The average Bonchev–Trinajstić information content (AvgIpc) is 3.07. The number of hydrogen-bond donors (Lipinski definition) is 1. The second-order valence-corrected chi connectivity index (χ2v) is 9.10. The summed E-state index contributed by atoms with van der Waals surface area (Å²) < 4.78 is 32.9. The fraction of sp³-hybridized carbons (Fsp3) is 0.400. The van der Waals surface area contributed by atoms with Crippen LogP contribution in [0.2, 0.25) is 0 Å². The number of benzene rings is 2. The summed E-state index contributed by atoms with van der Waals surface area (Å²) in [5.74, 6) is 0.820. The quantitative estimate of drug-likeness (QED) is 0.874. The molecule has 2 aromatic carbocycles. The number of fused-ring (bicyclic) bond motifs is 1. The van der Waals surface area contributed by atoms with Crippen LogP contribution in [0.1, 0.15) is 12.5 Å². The van der Waals surface area contributed by atoms with Crippen molar-refractivity contribution in [1.82, 2.24) is 4.31 Å². The Morgan fingerprint density at radius 3 is 2.41 bits per heavy atom. The van der Waals surface area contributed by atoms with Crippen LogP contribution < -0.4 is 15.0 Å². The lowest BCUT2D eigenvalue weighted by Crippen LogP contribution is -2.48. The summed E-state index contributed by atoms with van der Waals surface area (Å²) >= 11 is 0. The number of anilines is 2. The van der Waals surface area contributed by atoms with E-state index in [1.807, 2.05) is 36.4 Å².